The highest BCUT2D eigenvalue weighted by Gasteiger charge is 2.44. The van der Waals surface area contributed by atoms with Gasteiger partial charge in [0, 0.05) is 23.0 Å². The second-order valence-electron chi connectivity index (χ2n) is 5.58. The highest BCUT2D eigenvalue weighted by Crippen LogP contribution is 2.40. The van der Waals surface area contributed by atoms with E-state index in [4.69, 9.17) is 37.2 Å². The SMILES string of the molecule is CS(=O)(=O)O.OCC1COC(Cn2ccnc2)(c2ccc(Cl)cc2Cl)O1. The van der Waals surface area contributed by atoms with E-state index >= 15 is 0 Å². The standard InChI is InChI=1S/C14H14Cl2N2O3.CH4O3S/c15-10-1-2-12(13(16)5-10)14(8-18-4-3-17-9-18)20-7-11(6-19)21-14;1-5(2,3)4/h1-5,9,11,19H,6-8H2;1H3,(H,2,3,4). The second kappa shape index (κ2) is 8.66. The molecule has 2 unspecified atom stereocenters. The van der Waals surface area contributed by atoms with Gasteiger partial charge in [0.2, 0.25) is 5.79 Å². The van der Waals surface area contributed by atoms with Crippen molar-refractivity contribution in [3.63, 3.8) is 0 Å². The summed E-state index contributed by atoms with van der Waals surface area (Å²) in [5.74, 6) is -1.06. The monoisotopic (exact) mass is 424 g/mol. The van der Waals surface area contributed by atoms with Crippen LogP contribution in [0.15, 0.2) is 36.9 Å². The molecule has 0 radical (unpaired) electrons. The number of aliphatic hydroxyl groups excluding tert-OH is 1. The van der Waals surface area contributed by atoms with Crippen molar-refractivity contribution < 1.29 is 27.6 Å². The van der Waals surface area contributed by atoms with Gasteiger partial charge < -0.3 is 19.1 Å². The first kappa shape index (κ1) is 21.1. The smallest absolute Gasteiger partial charge is 0.261 e. The van der Waals surface area contributed by atoms with Crippen LogP contribution in [0.3, 0.4) is 0 Å². The lowest BCUT2D eigenvalue weighted by molar-refractivity contribution is -0.189. The van der Waals surface area contributed by atoms with Crippen LogP contribution < -0.4 is 0 Å². The van der Waals surface area contributed by atoms with Gasteiger partial charge >= 0.3 is 0 Å². The summed E-state index contributed by atoms with van der Waals surface area (Å²) in [5.41, 5.74) is 0.679. The third-order valence-corrected chi connectivity index (χ3v) is 3.90. The van der Waals surface area contributed by atoms with Gasteiger partial charge in [0.25, 0.3) is 10.1 Å². The topological polar surface area (TPSA) is 111 Å². The molecule has 1 aliphatic rings. The van der Waals surface area contributed by atoms with Crippen molar-refractivity contribution in [2.75, 3.05) is 19.5 Å². The molecule has 2 aromatic rings. The summed E-state index contributed by atoms with van der Waals surface area (Å²) in [4.78, 5) is 4.01. The predicted molar refractivity (Wildman–Crippen MR) is 95.8 cm³/mol. The van der Waals surface area contributed by atoms with Crippen molar-refractivity contribution in [1.29, 1.82) is 0 Å². The maximum absolute atomic E-state index is 9.31. The number of hydrogen-bond donors (Lipinski definition) is 2. The van der Waals surface area contributed by atoms with Crippen molar-refractivity contribution in [1.82, 2.24) is 9.55 Å². The first-order chi connectivity index (χ1) is 12.1. The Kier molecular flexibility index (Phi) is 7.03. The average Bonchev–Trinajstić information content (AvgIpc) is 3.16. The van der Waals surface area contributed by atoms with Crippen LogP contribution in [0.1, 0.15) is 5.56 Å². The predicted octanol–water partition coefficient (Wildman–Crippen LogP) is 1.95. The van der Waals surface area contributed by atoms with Crippen LogP contribution in [0.4, 0.5) is 0 Å². The molecule has 3 rings (SSSR count). The number of benzene rings is 1. The third kappa shape index (κ3) is 5.92. The van der Waals surface area contributed by atoms with E-state index in [-0.39, 0.29) is 12.7 Å². The number of rotatable bonds is 4. The van der Waals surface area contributed by atoms with Crippen molar-refractivity contribution in [2.24, 2.45) is 0 Å². The fraction of sp³-hybridized carbons (Fsp3) is 0.400. The highest BCUT2D eigenvalue weighted by molar-refractivity contribution is 7.85. The molecule has 0 saturated carbocycles. The molecule has 26 heavy (non-hydrogen) atoms. The lowest BCUT2D eigenvalue weighted by Gasteiger charge is -2.29. The first-order valence-corrected chi connectivity index (χ1v) is 10.00. The zero-order chi connectivity index (χ0) is 19.4. The Labute approximate surface area is 161 Å². The van der Waals surface area contributed by atoms with E-state index in [2.05, 4.69) is 4.98 Å². The molecule has 1 aliphatic heterocycles. The summed E-state index contributed by atoms with van der Waals surface area (Å²) < 4.78 is 39.5. The Morgan fingerprint density at radius 2 is 2.12 bits per heavy atom. The second-order valence-corrected chi connectivity index (χ2v) is 7.89. The lowest BCUT2D eigenvalue weighted by atomic mass is 10.1. The molecule has 1 aromatic carbocycles. The molecule has 1 saturated heterocycles. The van der Waals surface area contributed by atoms with Crippen molar-refractivity contribution in [3.8, 4) is 0 Å². The minimum Gasteiger partial charge on any atom is -0.394 e. The first-order valence-electron chi connectivity index (χ1n) is 7.39. The Morgan fingerprint density at radius 3 is 2.62 bits per heavy atom. The maximum atomic E-state index is 9.31. The highest BCUT2D eigenvalue weighted by atomic mass is 35.5. The van der Waals surface area contributed by atoms with Gasteiger partial charge in [-0.3, -0.25) is 4.55 Å². The third-order valence-electron chi connectivity index (χ3n) is 3.35. The average molecular weight is 425 g/mol. The molecule has 2 atom stereocenters. The Hall–Kier alpha value is -1.20. The van der Waals surface area contributed by atoms with Crippen LogP contribution in [0, 0.1) is 0 Å². The summed E-state index contributed by atoms with van der Waals surface area (Å²) >= 11 is 12.2. The molecule has 8 nitrogen and oxygen atoms in total. The van der Waals surface area contributed by atoms with E-state index in [1.807, 2.05) is 10.8 Å². The number of nitrogens with zero attached hydrogens (tertiary/aromatic N) is 2. The summed E-state index contributed by atoms with van der Waals surface area (Å²) in [6, 6.07) is 5.16. The Bertz CT molecular complexity index is 823. The Balaban J connectivity index is 0.000000431. The van der Waals surface area contributed by atoms with Crippen molar-refractivity contribution in [2.45, 2.75) is 18.4 Å². The number of hydrogen-bond acceptors (Lipinski definition) is 6. The summed E-state index contributed by atoms with van der Waals surface area (Å²) in [6.07, 6.45) is 5.48. The van der Waals surface area contributed by atoms with Crippen LogP contribution in [-0.4, -0.2) is 53.2 Å². The van der Waals surface area contributed by atoms with Crippen LogP contribution in [-0.2, 0) is 31.9 Å². The number of ether oxygens (including phenoxy) is 2. The number of aromatic nitrogens is 2. The van der Waals surface area contributed by atoms with E-state index in [9.17, 15) is 13.5 Å². The molecule has 0 aliphatic carbocycles. The van der Waals surface area contributed by atoms with E-state index in [1.165, 1.54) is 0 Å². The van der Waals surface area contributed by atoms with Crippen LogP contribution >= 0.6 is 23.2 Å². The normalized spacial score (nSPS) is 22.7. The van der Waals surface area contributed by atoms with Crippen LogP contribution in [0.2, 0.25) is 10.0 Å². The van der Waals surface area contributed by atoms with Crippen molar-refractivity contribution in [3.05, 3.63) is 52.5 Å². The van der Waals surface area contributed by atoms with Gasteiger partial charge in [0.05, 0.1) is 37.4 Å². The molecule has 0 bridgehead atoms. The summed E-state index contributed by atoms with van der Waals surface area (Å²) in [5, 5.41) is 10.3. The van der Waals surface area contributed by atoms with Gasteiger partial charge in [0.15, 0.2) is 0 Å². The molecular formula is C15H18Cl2N2O6S. The van der Waals surface area contributed by atoms with Gasteiger partial charge in [-0.2, -0.15) is 8.42 Å². The molecular weight excluding hydrogens is 407 g/mol. The zero-order valence-electron chi connectivity index (χ0n) is 13.7. The van der Waals surface area contributed by atoms with Crippen LogP contribution in [0.25, 0.3) is 0 Å². The summed E-state index contributed by atoms with van der Waals surface area (Å²) in [6.45, 7) is 0.561. The number of aliphatic hydroxyl groups is 1. The fourth-order valence-electron chi connectivity index (χ4n) is 2.38. The fourth-order valence-corrected chi connectivity index (χ4v) is 2.94. The quantitative estimate of drug-likeness (QED) is 0.721. The van der Waals surface area contributed by atoms with E-state index < -0.39 is 15.9 Å². The molecule has 0 amide bonds. The minimum atomic E-state index is -3.67. The van der Waals surface area contributed by atoms with E-state index in [0.717, 1.165) is 0 Å². The summed E-state index contributed by atoms with van der Waals surface area (Å²) in [7, 11) is -3.67. The molecule has 2 heterocycles. The van der Waals surface area contributed by atoms with Gasteiger partial charge in [-0.1, -0.05) is 29.3 Å². The number of imidazole rings is 1. The minimum absolute atomic E-state index is 0.114. The molecule has 144 valence electrons. The molecule has 1 aromatic heterocycles. The lowest BCUT2D eigenvalue weighted by Crippen LogP contribution is -2.34. The van der Waals surface area contributed by atoms with Crippen LogP contribution in [0.5, 0.6) is 0 Å². The molecule has 0 spiro atoms. The molecule has 2 N–H and O–H groups in total. The zero-order valence-corrected chi connectivity index (χ0v) is 16.1. The maximum Gasteiger partial charge on any atom is 0.261 e. The van der Waals surface area contributed by atoms with Gasteiger partial charge in [-0.25, -0.2) is 4.98 Å². The van der Waals surface area contributed by atoms with E-state index in [0.29, 0.717) is 35.0 Å². The van der Waals surface area contributed by atoms with Crippen molar-refractivity contribution >= 4 is 33.3 Å². The van der Waals surface area contributed by atoms with E-state index in [1.54, 1.807) is 30.7 Å². The number of halogens is 2. The Morgan fingerprint density at radius 1 is 1.42 bits per heavy atom. The molecule has 11 heteroatoms. The van der Waals surface area contributed by atoms with Gasteiger partial charge in [-0.15, -0.1) is 0 Å². The van der Waals surface area contributed by atoms with Gasteiger partial charge in [-0.05, 0) is 12.1 Å². The van der Waals surface area contributed by atoms with Gasteiger partial charge in [0.1, 0.15) is 6.10 Å². The largest absolute Gasteiger partial charge is 0.394 e. The molecule has 1 fully saturated rings.